The zero-order chi connectivity index (χ0) is 40.5. The van der Waals surface area contributed by atoms with Gasteiger partial charge in [-0.05, 0) is 87.7 Å². The second-order valence-corrected chi connectivity index (χ2v) is 24.5. The Hall–Kier alpha value is -4.22. The lowest BCUT2D eigenvalue weighted by atomic mass is 10.2. The molecule has 4 aromatic carbocycles. The summed E-state index contributed by atoms with van der Waals surface area (Å²) in [5.41, 5.74) is 5.94. The predicted molar refractivity (Wildman–Crippen MR) is 233 cm³/mol. The van der Waals surface area contributed by atoms with Gasteiger partial charge in [-0.2, -0.15) is 0 Å². The van der Waals surface area contributed by atoms with Crippen molar-refractivity contribution in [3.8, 4) is 11.5 Å². The van der Waals surface area contributed by atoms with Crippen LogP contribution in [0.2, 0.25) is 22.2 Å². The lowest BCUT2D eigenvalue weighted by Crippen LogP contribution is -2.50. The van der Waals surface area contributed by atoms with Crippen molar-refractivity contribution in [2.75, 3.05) is 13.2 Å². The van der Waals surface area contributed by atoms with Crippen LogP contribution in [0.4, 0.5) is 4.11 Å². The Morgan fingerprint density at radius 3 is 1.42 bits per heavy atom. The molecule has 298 valence electrons. The minimum absolute atomic E-state index is 0.0132. The van der Waals surface area contributed by atoms with Gasteiger partial charge in [0.25, 0.3) is 8.41 Å². The molecule has 55 heavy (non-hydrogen) atoms. The summed E-state index contributed by atoms with van der Waals surface area (Å²) in [6.07, 6.45) is 0.649. The van der Waals surface area contributed by atoms with Crippen LogP contribution in [0.3, 0.4) is 0 Å². The molecule has 0 fully saturated rings. The summed E-state index contributed by atoms with van der Waals surface area (Å²) in [6.45, 7) is 23.2. The van der Waals surface area contributed by atoms with Gasteiger partial charge in [0.15, 0.2) is 0 Å². The molecular weight excluding hydrogens is 720 g/mol. The lowest BCUT2D eigenvalue weighted by molar-refractivity contribution is -0.122. The Bertz CT molecular complexity index is 1750. The minimum Gasteiger partial charge on any atom is -0.493 e. The average Bonchev–Trinajstić information content (AvgIpc) is 3.14. The van der Waals surface area contributed by atoms with Gasteiger partial charge in [-0.15, -0.1) is 0 Å². The van der Waals surface area contributed by atoms with Crippen molar-refractivity contribution in [1.82, 2.24) is 10.6 Å². The van der Waals surface area contributed by atoms with Crippen LogP contribution in [0.15, 0.2) is 97.1 Å². The Kier molecular flexibility index (Phi) is 18.4. The Morgan fingerprint density at radius 1 is 0.618 bits per heavy atom. The molecule has 0 bridgehead atoms. The number of hydrogen-bond donors (Lipinski definition) is 2. The minimum atomic E-state index is -3.06. The largest absolute Gasteiger partial charge is 0.493 e. The third kappa shape index (κ3) is 14.1. The van der Waals surface area contributed by atoms with E-state index in [1.54, 1.807) is 0 Å². The van der Waals surface area contributed by atoms with Gasteiger partial charge < -0.3 is 24.2 Å². The van der Waals surface area contributed by atoms with Crippen LogP contribution in [-0.2, 0) is 22.7 Å². The fourth-order valence-electron chi connectivity index (χ4n) is 7.34. The molecule has 0 saturated carbocycles. The Balaban J connectivity index is 0.000000296. The van der Waals surface area contributed by atoms with Crippen LogP contribution in [0.1, 0.15) is 90.5 Å². The number of hydrogen-bond acceptors (Lipinski definition) is 4. The number of rotatable bonds is 18. The molecule has 0 aliphatic rings. The molecular formula is C46H65FN2O4Si2. The zero-order valence-corrected chi connectivity index (χ0v) is 37.0. The van der Waals surface area contributed by atoms with E-state index in [9.17, 15) is 9.59 Å². The third-order valence-electron chi connectivity index (χ3n) is 10.2. The maximum atomic E-state index is 15.8. The predicted octanol–water partition coefficient (Wildman–Crippen LogP) is 9.36. The van der Waals surface area contributed by atoms with Gasteiger partial charge in [-0.3, -0.25) is 9.59 Å². The maximum absolute atomic E-state index is 15.8. The Morgan fingerprint density at radius 2 is 1.04 bits per heavy atom. The zero-order valence-electron chi connectivity index (χ0n) is 34.9. The van der Waals surface area contributed by atoms with Crippen LogP contribution in [0.5, 0.6) is 11.5 Å². The fraction of sp³-hybridized carbons (Fsp3) is 0.435. The second-order valence-electron chi connectivity index (χ2n) is 15.8. The van der Waals surface area contributed by atoms with Crippen LogP contribution in [0, 0.1) is 13.8 Å². The fourth-order valence-corrected chi connectivity index (χ4v) is 14.8. The molecule has 0 atom stereocenters. The molecule has 6 nitrogen and oxygen atoms in total. The number of aryl methyl sites for hydroxylation is 2. The monoisotopic (exact) mass is 784 g/mol. The highest BCUT2D eigenvalue weighted by atomic mass is 28.4. The number of benzene rings is 4. The molecule has 0 heterocycles. The molecule has 4 aromatic rings. The third-order valence-corrected chi connectivity index (χ3v) is 19.2. The molecule has 0 aliphatic carbocycles. The van der Waals surface area contributed by atoms with E-state index in [0.29, 0.717) is 38.5 Å². The van der Waals surface area contributed by atoms with Crippen molar-refractivity contribution in [1.29, 1.82) is 0 Å². The summed E-state index contributed by atoms with van der Waals surface area (Å²) in [7, 11) is -4.06. The molecule has 0 spiro atoms. The molecule has 0 radical (unpaired) electrons. The van der Waals surface area contributed by atoms with Gasteiger partial charge in [-0.25, -0.2) is 0 Å². The molecule has 0 unspecified atom stereocenters. The summed E-state index contributed by atoms with van der Waals surface area (Å²) in [4.78, 5) is 24.0. The molecule has 0 saturated heterocycles. The molecule has 0 aromatic heterocycles. The number of ether oxygens (including phenoxy) is 2. The first-order chi connectivity index (χ1) is 26.1. The van der Waals surface area contributed by atoms with Crippen molar-refractivity contribution in [3.63, 3.8) is 0 Å². The normalized spacial score (nSPS) is 11.5. The summed E-state index contributed by atoms with van der Waals surface area (Å²) in [5, 5.41) is 8.21. The highest BCUT2D eigenvalue weighted by Gasteiger charge is 2.44. The molecule has 4 rings (SSSR count). The van der Waals surface area contributed by atoms with Crippen molar-refractivity contribution < 1.29 is 23.2 Å². The maximum Gasteiger partial charge on any atom is 0.282 e. The number of carbonyl (C=O) groups excluding carboxylic acids is 2. The van der Waals surface area contributed by atoms with E-state index in [-0.39, 0.29) is 29.3 Å². The molecule has 9 heteroatoms. The highest BCUT2D eigenvalue weighted by molar-refractivity contribution is 6.88. The van der Waals surface area contributed by atoms with Gasteiger partial charge in [0.1, 0.15) is 11.5 Å². The van der Waals surface area contributed by atoms with E-state index in [1.807, 2.05) is 113 Å². The van der Waals surface area contributed by atoms with E-state index >= 15 is 4.11 Å². The van der Waals surface area contributed by atoms with E-state index in [2.05, 4.69) is 63.5 Å². The van der Waals surface area contributed by atoms with Crippen LogP contribution in [0.25, 0.3) is 0 Å². The summed E-state index contributed by atoms with van der Waals surface area (Å²) < 4.78 is 27.3. The van der Waals surface area contributed by atoms with Crippen molar-refractivity contribution in [3.05, 3.63) is 119 Å². The number of amides is 2. The molecule has 0 aliphatic heterocycles. The lowest BCUT2D eigenvalue weighted by Gasteiger charge is -2.32. The first-order valence-corrected chi connectivity index (χ1v) is 23.8. The van der Waals surface area contributed by atoms with Crippen LogP contribution < -0.4 is 30.5 Å². The van der Waals surface area contributed by atoms with Gasteiger partial charge >= 0.3 is 0 Å². The van der Waals surface area contributed by atoms with Crippen LogP contribution >= 0.6 is 0 Å². The van der Waals surface area contributed by atoms with Crippen molar-refractivity contribution in [2.45, 2.75) is 117 Å². The number of carbonyl (C=O) groups is 2. The van der Waals surface area contributed by atoms with E-state index in [1.165, 1.54) is 10.8 Å². The van der Waals surface area contributed by atoms with Crippen molar-refractivity contribution in [2.24, 2.45) is 0 Å². The average molecular weight is 785 g/mol. The SMILES string of the molecule is Cc1cc(OCCC(=O)NCc2ccccc2)ccc1[SiH](C(C)C)C(C)C.Cc1cc(OCCC(=O)NCc2ccccc2)ccc1[Si](F)(C(C)C)C(C)C. The standard InChI is InChI=1S/C23H32FNO2Si.C23H33NO2Si/c1-17(2)28(24,18(3)4)22-12-11-21(15-19(22)5)27-14-13-23(26)25-16-20-9-7-6-8-10-20;1-17(2)27(18(3)4)22-12-11-21(15-19(22)5)26-14-13-23(25)24-16-20-9-7-6-8-10-20/h6-12,15,17-18H,13-14,16H2,1-5H3,(H,25,26);6-12,15,17-18,27H,13-14,16H2,1-5H3,(H,24,25). The van der Waals surface area contributed by atoms with Gasteiger partial charge in [0.2, 0.25) is 11.8 Å². The molecule has 2 N–H and O–H groups in total. The smallest absolute Gasteiger partial charge is 0.282 e. The summed E-state index contributed by atoms with van der Waals surface area (Å²) in [6, 6.07) is 31.8. The van der Waals surface area contributed by atoms with Crippen LogP contribution in [-0.4, -0.2) is 42.2 Å². The summed E-state index contributed by atoms with van der Waals surface area (Å²) in [5.74, 6) is 1.50. The van der Waals surface area contributed by atoms with Gasteiger partial charge in [0.05, 0.1) is 34.9 Å². The summed E-state index contributed by atoms with van der Waals surface area (Å²) >= 11 is 0. The second kappa shape index (κ2) is 22.4. The topological polar surface area (TPSA) is 76.7 Å². The van der Waals surface area contributed by atoms with E-state index in [0.717, 1.165) is 38.7 Å². The van der Waals surface area contributed by atoms with Crippen molar-refractivity contribution >= 4 is 39.4 Å². The van der Waals surface area contributed by atoms with Gasteiger partial charge in [0, 0.05) is 13.1 Å². The van der Waals surface area contributed by atoms with E-state index in [4.69, 9.17) is 9.47 Å². The Labute approximate surface area is 333 Å². The quantitative estimate of drug-likeness (QED) is 0.0780. The number of nitrogens with one attached hydrogen (secondary N) is 2. The first-order valence-electron chi connectivity index (χ1n) is 19.9. The highest BCUT2D eigenvalue weighted by Crippen LogP contribution is 2.34. The number of halogens is 1. The molecule has 2 amide bonds. The van der Waals surface area contributed by atoms with Gasteiger partial charge in [-0.1, -0.05) is 133 Å². The van der Waals surface area contributed by atoms with E-state index < -0.39 is 17.2 Å². The first kappa shape index (κ1) is 45.2.